The molecule has 1 unspecified atom stereocenters. The van der Waals surface area contributed by atoms with Crippen LogP contribution in [0.15, 0.2) is 30.5 Å². The molecule has 2 rings (SSSR count). The van der Waals surface area contributed by atoms with Crippen LogP contribution in [0.25, 0.3) is 0 Å². The third-order valence-corrected chi connectivity index (χ3v) is 4.32. The lowest BCUT2D eigenvalue weighted by Crippen LogP contribution is -2.40. The molecule has 1 atom stereocenters. The molecular formula is C18H27N5O. The lowest BCUT2D eigenvalue weighted by atomic mass is 10.0. The van der Waals surface area contributed by atoms with Crippen molar-refractivity contribution in [3.05, 3.63) is 52.8 Å². The summed E-state index contributed by atoms with van der Waals surface area (Å²) in [6.45, 7) is 5.08. The van der Waals surface area contributed by atoms with Crippen LogP contribution in [0.2, 0.25) is 0 Å². The summed E-state index contributed by atoms with van der Waals surface area (Å²) >= 11 is 0. The van der Waals surface area contributed by atoms with Crippen molar-refractivity contribution in [2.24, 2.45) is 7.05 Å². The molecule has 6 nitrogen and oxygen atoms in total. The highest BCUT2D eigenvalue weighted by atomic mass is 16.2. The van der Waals surface area contributed by atoms with Gasteiger partial charge in [0.2, 0.25) is 0 Å². The first-order valence-electron chi connectivity index (χ1n) is 8.10. The van der Waals surface area contributed by atoms with E-state index in [2.05, 4.69) is 51.8 Å². The van der Waals surface area contributed by atoms with E-state index in [9.17, 15) is 4.79 Å². The summed E-state index contributed by atoms with van der Waals surface area (Å²) in [5.74, 6) is 0. The first kappa shape index (κ1) is 18.0. The predicted molar refractivity (Wildman–Crippen MR) is 95.8 cm³/mol. The summed E-state index contributed by atoms with van der Waals surface area (Å²) in [5.41, 5.74) is 4.50. The minimum atomic E-state index is -0.169. The largest absolute Gasteiger partial charge is 0.336 e. The van der Waals surface area contributed by atoms with E-state index in [4.69, 9.17) is 0 Å². The number of rotatable bonds is 6. The second-order valence-electron chi connectivity index (χ2n) is 6.33. The second kappa shape index (κ2) is 7.97. The summed E-state index contributed by atoms with van der Waals surface area (Å²) in [7, 11) is 5.92. The Bertz CT molecular complexity index is 675. The summed E-state index contributed by atoms with van der Waals surface area (Å²) in [6, 6.07) is 8.37. The number of amides is 2. The number of nitrogens with zero attached hydrogens (tertiary/aromatic N) is 3. The van der Waals surface area contributed by atoms with Gasteiger partial charge in [-0.05, 0) is 33.5 Å². The van der Waals surface area contributed by atoms with Gasteiger partial charge in [0.05, 0.1) is 12.2 Å². The molecule has 0 fully saturated rings. The van der Waals surface area contributed by atoms with Crippen LogP contribution in [0.5, 0.6) is 0 Å². The SMILES string of the molecule is Cc1ccc(C(CNC(=O)NCc2cnn(C)c2C)N(C)C)cc1. The smallest absolute Gasteiger partial charge is 0.315 e. The van der Waals surface area contributed by atoms with Crippen molar-refractivity contribution in [3.8, 4) is 0 Å². The molecule has 24 heavy (non-hydrogen) atoms. The van der Waals surface area contributed by atoms with Crippen LogP contribution in [0, 0.1) is 13.8 Å². The van der Waals surface area contributed by atoms with Crippen LogP contribution < -0.4 is 10.6 Å². The maximum atomic E-state index is 12.1. The molecule has 6 heteroatoms. The average molecular weight is 329 g/mol. The number of likely N-dealkylation sites (N-methyl/N-ethyl adjacent to an activating group) is 1. The van der Waals surface area contributed by atoms with E-state index >= 15 is 0 Å². The molecule has 1 aromatic heterocycles. The van der Waals surface area contributed by atoms with Crippen LogP contribution in [0.1, 0.15) is 28.4 Å². The van der Waals surface area contributed by atoms with Gasteiger partial charge in [0.15, 0.2) is 0 Å². The Morgan fingerprint density at radius 1 is 1.21 bits per heavy atom. The Labute approximate surface area is 143 Å². The molecule has 0 bridgehead atoms. The molecule has 1 aromatic carbocycles. The first-order valence-corrected chi connectivity index (χ1v) is 8.10. The van der Waals surface area contributed by atoms with Crippen LogP contribution in [0.3, 0.4) is 0 Å². The van der Waals surface area contributed by atoms with Gasteiger partial charge in [-0.2, -0.15) is 5.10 Å². The number of nitrogens with one attached hydrogen (secondary N) is 2. The molecular weight excluding hydrogens is 302 g/mol. The second-order valence-corrected chi connectivity index (χ2v) is 6.33. The molecule has 0 aliphatic rings. The molecule has 2 N–H and O–H groups in total. The fraction of sp³-hybridized carbons (Fsp3) is 0.444. The van der Waals surface area contributed by atoms with Gasteiger partial charge in [-0.1, -0.05) is 29.8 Å². The highest BCUT2D eigenvalue weighted by Crippen LogP contribution is 2.17. The van der Waals surface area contributed by atoms with Gasteiger partial charge in [-0.25, -0.2) is 4.79 Å². The molecule has 0 aliphatic heterocycles. The molecule has 0 radical (unpaired) electrons. The van der Waals surface area contributed by atoms with Gasteiger partial charge < -0.3 is 15.5 Å². The van der Waals surface area contributed by atoms with E-state index in [1.165, 1.54) is 11.1 Å². The Morgan fingerprint density at radius 3 is 2.42 bits per heavy atom. The number of urea groups is 1. The highest BCUT2D eigenvalue weighted by Gasteiger charge is 2.15. The van der Waals surface area contributed by atoms with E-state index < -0.39 is 0 Å². The van der Waals surface area contributed by atoms with Crippen molar-refractivity contribution in [2.75, 3.05) is 20.6 Å². The number of aromatic nitrogens is 2. The van der Waals surface area contributed by atoms with Gasteiger partial charge in [-0.3, -0.25) is 4.68 Å². The van der Waals surface area contributed by atoms with Gasteiger partial charge in [0.25, 0.3) is 0 Å². The fourth-order valence-corrected chi connectivity index (χ4v) is 2.53. The van der Waals surface area contributed by atoms with Crippen molar-refractivity contribution in [2.45, 2.75) is 26.4 Å². The predicted octanol–water partition coefficient (Wildman–Crippen LogP) is 2.14. The molecule has 0 spiro atoms. The van der Waals surface area contributed by atoms with Crippen LogP contribution in [-0.2, 0) is 13.6 Å². The molecule has 0 aliphatic carbocycles. The number of aryl methyl sites for hydroxylation is 2. The van der Waals surface area contributed by atoms with Crippen LogP contribution in [0.4, 0.5) is 4.79 Å². The Balaban J connectivity index is 1.88. The molecule has 0 saturated heterocycles. The van der Waals surface area contributed by atoms with E-state index in [0.29, 0.717) is 13.1 Å². The zero-order chi connectivity index (χ0) is 17.7. The van der Waals surface area contributed by atoms with Crippen LogP contribution in [-0.4, -0.2) is 41.4 Å². The van der Waals surface area contributed by atoms with E-state index in [1.807, 2.05) is 28.1 Å². The minimum absolute atomic E-state index is 0.136. The Morgan fingerprint density at radius 2 is 1.88 bits per heavy atom. The number of hydrogen-bond donors (Lipinski definition) is 2. The van der Waals surface area contributed by atoms with Gasteiger partial charge >= 0.3 is 6.03 Å². The summed E-state index contributed by atoms with van der Waals surface area (Å²) in [6.07, 6.45) is 1.78. The van der Waals surface area contributed by atoms with Gasteiger partial charge in [0.1, 0.15) is 0 Å². The highest BCUT2D eigenvalue weighted by molar-refractivity contribution is 5.73. The van der Waals surface area contributed by atoms with E-state index in [0.717, 1.165) is 11.3 Å². The Hall–Kier alpha value is -2.34. The van der Waals surface area contributed by atoms with Gasteiger partial charge in [-0.15, -0.1) is 0 Å². The normalized spacial score (nSPS) is 12.2. The third-order valence-electron chi connectivity index (χ3n) is 4.32. The average Bonchev–Trinajstić information content (AvgIpc) is 2.86. The molecule has 1 heterocycles. The summed E-state index contributed by atoms with van der Waals surface area (Å²) in [4.78, 5) is 14.2. The lowest BCUT2D eigenvalue weighted by Gasteiger charge is -2.25. The number of carbonyl (C=O) groups is 1. The first-order chi connectivity index (χ1) is 11.4. The maximum Gasteiger partial charge on any atom is 0.315 e. The number of benzene rings is 1. The van der Waals surface area contributed by atoms with Crippen molar-refractivity contribution in [1.82, 2.24) is 25.3 Å². The molecule has 2 amide bonds. The molecule has 2 aromatic rings. The lowest BCUT2D eigenvalue weighted by molar-refractivity contribution is 0.232. The van der Waals surface area contributed by atoms with E-state index in [-0.39, 0.29) is 12.1 Å². The van der Waals surface area contributed by atoms with Crippen molar-refractivity contribution in [1.29, 1.82) is 0 Å². The minimum Gasteiger partial charge on any atom is -0.336 e. The summed E-state index contributed by atoms with van der Waals surface area (Å²) < 4.78 is 1.80. The monoisotopic (exact) mass is 329 g/mol. The fourth-order valence-electron chi connectivity index (χ4n) is 2.53. The topological polar surface area (TPSA) is 62.2 Å². The third kappa shape index (κ3) is 4.58. The standard InChI is InChI=1S/C18H27N5O/c1-13-6-8-15(9-7-13)17(22(3)4)12-20-18(24)19-10-16-11-21-23(5)14(16)2/h6-9,11,17H,10,12H2,1-5H3,(H2,19,20,24). The summed E-state index contributed by atoms with van der Waals surface area (Å²) in [5, 5.41) is 10.0. The maximum absolute atomic E-state index is 12.1. The molecule has 130 valence electrons. The van der Waals surface area contributed by atoms with Crippen molar-refractivity contribution in [3.63, 3.8) is 0 Å². The zero-order valence-corrected chi connectivity index (χ0v) is 15.1. The Kier molecular flexibility index (Phi) is 5.98. The van der Waals surface area contributed by atoms with Crippen molar-refractivity contribution >= 4 is 6.03 Å². The quantitative estimate of drug-likeness (QED) is 0.853. The van der Waals surface area contributed by atoms with Crippen molar-refractivity contribution < 1.29 is 4.79 Å². The van der Waals surface area contributed by atoms with E-state index in [1.54, 1.807) is 10.9 Å². The molecule has 0 saturated carbocycles. The number of carbonyl (C=O) groups excluding carboxylic acids is 1. The zero-order valence-electron chi connectivity index (χ0n) is 15.1. The number of hydrogen-bond acceptors (Lipinski definition) is 3. The van der Waals surface area contributed by atoms with Gasteiger partial charge in [0, 0.05) is 31.4 Å². The van der Waals surface area contributed by atoms with Crippen LogP contribution >= 0.6 is 0 Å².